The Morgan fingerprint density at radius 2 is 2.00 bits per heavy atom. The second-order valence-corrected chi connectivity index (χ2v) is 3.28. The van der Waals surface area contributed by atoms with Gasteiger partial charge in [0.05, 0.1) is 5.97 Å². The molecule has 0 saturated carbocycles. The van der Waals surface area contributed by atoms with Crippen molar-refractivity contribution in [3.8, 4) is 0 Å². The molecule has 0 heterocycles. The summed E-state index contributed by atoms with van der Waals surface area (Å²) >= 11 is 1.22. The number of carbonyl (C=O) groups is 1. The van der Waals surface area contributed by atoms with Crippen LogP contribution in [0.5, 0.6) is 0 Å². The van der Waals surface area contributed by atoms with Gasteiger partial charge in [-0.1, -0.05) is 0 Å². The van der Waals surface area contributed by atoms with Crippen LogP contribution in [0.1, 0.15) is 0 Å². The lowest BCUT2D eigenvalue weighted by molar-refractivity contribution is -0.301. The fourth-order valence-electron chi connectivity index (χ4n) is 0.706. The lowest BCUT2D eigenvalue weighted by Crippen LogP contribution is -2.24. The Labute approximate surface area is 74.6 Å². The predicted molar refractivity (Wildman–Crippen MR) is 46.6 cm³/mol. The monoisotopic (exact) mass is 182 g/mol. The molecular formula is C8H8NO2S-. The van der Waals surface area contributed by atoms with Crippen LogP contribution in [0.15, 0.2) is 29.2 Å². The van der Waals surface area contributed by atoms with Crippen LogP contribution in [0.2, 0.25) is 0 Å². The quantitative estimate of drug-likeness (QED) is 0.532. The molecule has 0 bridgehead atoms. The molecule has 0 aromatic heterocycles. The number of hydrogen-bond donors (Lipinski definition) is 1. The van der Waals surface area contributed by atoms with Crippen molar-refractivity contribution in [1.29, 1.82) is 0 Å². The van der Waals surface area contributed by atoms with Crippen molar-refractivity contribution in [2.75, 3.05) is 11.5 Å². The second-order valence-electron chi connectivity index (χ2n) is 2.23. The van der Waals surface area contributed by atoms with Gasteiger partial charge in [0.25, 0.3) is 0 Å². The van der Waals surface area contributed by atoms with Gasteiger partial charge in [-0.25, -0.2) is 0 Å². The Balaban J connectivity index is 2.53. The molecule has 4 heteroatoms. The summed E-state index contributed by atoms with van der Waals surface area (Å²) in [5, 5.41) is 10.1. The van der Waals surface area contributed by atoms with Crippen molar-refractivity contribution in [1.82, 2.24) is 0 Å². The summed E-state index contributed by atoms with van der Waals surface area (Å²) in [5.74, 6) is -1.08. The maximum Gasteiger partial charge on any atom is 0.0517 e. The van der Waals surface area contributed by atoms with E-state index in [0.29, 0.717) is 5.69 Å². The summed E-state index contributed by atoms with van der Waals surface area (Å²) in [6.07, 6.45) is 0. The Morgan fingerprint density at radius 3 is 2.50 bits per heavy atom. The number of hydrogen-bond acceptors (Lipinski definition) is 4. The third-order valence-corrected chi connectivity index (χ3v) is 2.22. The first-order valence-electron chi connectivity index (χ1n) is 3.36. The fourth-order valence-corrected chi connectivity index (χ4v) is 1.32. The number of nitrogen functional groups attached to an aromatic ring is 1. The first-order valence-corrected chi connectivity index (χ1v) is 4.35. The fraction of sp³-hybridized carbons (Fsp3) is 0.125. The molecule has 2 N–H and O–H groups in total. The van der Waals surface area contributed by atoms with Crippen LogP contribution >= 0.6 is 11.8 Å². The standard InChI is InChI=1S/C8H9NO2S/c9-6-1-3-7(4-2-6)12-5-8(10)11/h1-4H,5,9H2,(H,10,11)/p-1. The number of anilines is 1. The zero-order valence-electron chi connectivity index (χ0n) is 6.32. The smallest absolute Gasteiger partial charge is 0.0517 e. The van der Waals surface area contributed by atoms with E-state index in [1.54, 1.807) is 24.3 Å². The average molecular weight is 182 g/mol. The molecule has 3 nitrogen and oxygen atoms in total. The van der Waals surface area contributed by atoms with Crippen molar-refractivity contribution in [2.45, 2.75) is 4.90 Å². The van der Waals surface area contributed by atoms with Gasteiger partial charge in [-0.15, -0.1) is 11.8 Å². The number of carboxylic acid groups (broad SMARTS) is 1. The molecule has 0 fully saturated rings. The Kier molecular flexibility index (Phi) is 2.99. The molecule has 0 saturated heterocycles. The molecular weight excluding hydrogens is 174 g/mol. The van der Waals surface area contributed by atoms with Crippen LogP contribution in [0.3, 0.4) is 0 Å². The molecule has 1 aromatic rings. The van der Waals surface area contributed by atoms with Crippen molar-refractivity contribution in [3.05, 3.63) is 24.3 Å². The van der Waals surface area contributed by atoms with Crippen molar-refractivity contribution in [3.63, 3.8) is 0 Å². The lowest BCUT2D eigenvalue weighted by Gasteiger charge is -2.01. The number of benzene rings is 1. The molecule has 12 heavy (non-hydrogen) atoms. The first-order chi connectivity index (χ1) is 5.68. The third-order valence-electron chi connectivity index (χ3n) is 1.24. The van der Waals surface area contributed by atoms with E-state index in [1.807, 2.05) is 0 Å². The summed E-state index contributed by atoms with van der Waals surface area (Å²) in [5.41, 5.74) is 6.12. The van der Waals surface area contributed by atoms with Crippen LogP contribution in [-0.2, 0) is 4.79 Å². The van der Waals surface area contributed by atoms with Gasteiger partial charge in [0.15, 0.2) is 0 Å². The number of aliphatic carboxylic acids is 1. The lowest BCUT2D eigenvalue weighted by atomic mass is 10.3. The summed E-state index contributed by atoms with van der Waals surface area (Å²) in [6.45, 7) is 0. The van der Waals surface area contributed by atoms with Gasteiger partial charge in [0.2, 0.25) is 0 Å². The van der Waals surface area contributed by atoms with E-state index >= 15 is 0 Å². The Bertz CT molecular complexity index is 271. The van der Waals surface area contributed by atoms with E-state index in [2.05, 4.69) is 0 Å². The van der Waals surface area contributed by atoms with E-state index < -0.39 is 5.97 Å². The average Bonchev–Trinajstić information content (AvgIpc) is 2.03. The number of rotatable bonds is 3. The molecule has 0 atom stereocenters. The highest BCUT2D eigenvalue weighted by Gasteiger charge is 1.92. The molecule has 1 aromatic carbocycles. The molecule has 0 unspecified atom stereocenters. The van der Waals surface area contributed by atoms with Gasteiger partial charge in [-0.05, 0) is 24.3 Å². The third kappa shape index (κ3) is 2.84. The van der Waals surface area contributed by atoms with E-state index in [4.69, 9.17) is 5.73 Å². The molecule has 0 aliphatic carbocycles. The van der Waals surface area contributed by atoms with Gasteiger partial charge >= 0.3 is 0 Å². The van der Waals surface area contributed by atoms with E-state index in [9.17, 15) is 9.90 Å². The minimum Gasteiger partial charge on any atom is -0.549 e. The second kappa shape index (κ2) is 4.01. The largest absolute Gasteiger partial charge is 0.549 e. The topological polar surface area (TPSA) is 66.2 Å². The van der Waals surface area contributed by atoms with Crippen molar-refractivity contribution < 1.29 is 9.90 Å². The van der Waals surface area contributed by atoms with Gasteiger partial charge in [-0.3, -0.25) is 0 Å². The van der Waals surface area contributed by atoms with E-state index in [0.717, 1.165) is 4.90 Å². The summed E-state index contributed by atoms with van der Waals surface area (Å²) in [4.78, 5) is 11.0. The summed E-state index contributed by atoms with van der Waals surface area (Å²) in [6, 6.07) is 7.03. The number of carboxylic acids is 1. The van der Waals surface area contributed by atoms with Crippen LogP contribution in [-0.4, -0.2) is 11.7 Å². The van der Waals surface area contributed by atoms with Crippen molar-refractivity contribution in [2.24, 2.45) is 0 Å². The van der Waals surface area contributed by atoms with Gasteiger partial charge in [0.1, 0.15) is 0 Å². The maximum atomic E-state index is 10.1. The number of carbonyl (C=O) groups excluding carboxylic acids is 1. The van der Waals surface area contributed by atoms with Crippen LogP contribution in [0.4, 0.5) is 5.69 Å². The van der Waals surface area contributed by atoms with Gasteiger partial charge < -0.3 is 15.6 Å². The van der Waals surface area contributed by atoms with E-state index in [-0.39, 0.29) is 5.75 Å². The van der Waals surface area contributed by atoms with Crippen LogP contribution < -0.4 is 10.8 Å². The van der Waals surface area contributed by atoms with Crippen LogP contribution in [0, 0.1) is 0 Å². The first kappa shape index (κ1) is 8.93. The summed E-state index contributed by atoms with van der Waals surface area (Å²) in [7, 11) is 0. The van der Waals surface area contributed by atoms with E-state index in [1.165, 1.54) is 11.8 Å². The zero-order valence-corrected chi connectivity index (χ0v) is 7.14. The molecule has 64 valence electrons. The van der Waals surface area contributed by atoms with Crippen LogP contribution in [0.25, 0.3) is 0 Å². The Hall–Kier alpha value is -1.16. The molecule has 0 aliphatic heterocycles. The van der Waals surface area contributed by atoms with Gasteiger partial charge in [0, 0.05) is 16.3 Å². The highest BCUT2D eigenvalue weighted by molar-refractivity contribution is 8.00. The number of nitrogens with two attached hydrogens (primary N) is 1. The molecule has 0 spiro atoms. The van der Waals surface area contributed by atoms with Crippen molar-refractivity contribution >= 4 is 23.4 Å². The molecule has 0 radical (unpaired) electrons. The van der Waals surface area contributed by atoms with Gasteiger partial charge in [-0.2, -0.15) is 0 Å². The summed E-state index contributed by atoms with van der Waals surface area (Å²) < 4.78 is 0. The normalized spacial score (nSPS) is 9.67. The zero-order chi connectivity index (χ0) is 8.97. The molecule has 0 aliphatic rings. The SMILES string of the molecule is Nc1ccc(SCC(=O)[O-])cc1. The predicted octanol–water partition coefficient (Wildman–Crippen LogP) is 0.111. The molecule has 1 rings (SSSR count). The molecule has 0 amide bonds. The minimum atomic E-state index is -1.06. The highest BCUT2D eigenvalue weighted by atomic mass is 32.2. The maximum absolute atomic E-state index is 10.1. The number of thioether (sulfide) groups is 1. The minimum absolute atomic E-state index is 0.0239. The highest BCUT2D eigenvalue weighted by Crippen LogP contribution is 2.18. The Morgan fingerprint density at radius 1 is 1.42 bits per heavy atom.